The Morgan fingerprint density at radius 3 is 2.88 bits per heavy atom. The largest absolute Gasteiger partial charge is 0.476 e. The Hall–Kier alpha value is -0.840. The lowest BCUT2D eigenvalue weighted by molar-refractivity contribution is 0.202. The van der Waals surface area contributed by atoms with Crippen molar-refractivity contribution >= 4 is 21.9 Å². The molecule has 88 valence electrons. The number of rotatable bonds is 3. The highest BCUT2D eigenvalue weighted by Gasteiger charge is 2.15. The van der Waals surface area contributed by atoms with Crippen molar-refractivity contribution in [1.82, 2.24) is 9.97 Å². The minimum absolute atomic E-state index is 0.252. The molecule has 1 saturated carbocycles. The fourth-order valence-electron chi connectivity index (χ4n) is 2.02. The van der Waals surface area contributed by atoms with Crippen molar-refractivity contribution in [3.63, 3.8) is 0 Å². The maximum atomic E-state index is 5.68. The van der Waals surface area contributed by atoms with Crippen LogP contribution in [0.5, 0.6) is 5.88 Å². The lowest BCUT2D eigenvalue weighted by Gasteiger charge is -2.21. The predicted molar refractivity (Wildman–Crippen MR) is 66.2 cm³/mol. The van der Waals surface area contributed by atoms with E-state index in [4.69, 9.17) is 10.5 Å². The van der Waals surface area contributed by atoms with Gasteiger partial charge in [-0.15, -0.1) is 0 Å². The third-order valence-electron chi connectivity index (χ3n) is 2.91. The average molecular weight is 286 g/mol. The molecule has 0 aromatic carbocycles. The highest BCUT2D eigenvalue weighted by Crippen LogP contribution is 2.26. The zero-order valence-electron chi connectivity index (χ0n) is 9.16. The molecule has 0 unspecified atom stereocenters. The zero-order chi connectivity index (χ0) is 11.4. The van der Waals surface area contributed by atoms with E-state index in [1.54, 1.807) is 6.20 Å². The van der Waals surface area contributed by atoms with Crippen LogP contribution in [0, 0.1) is 5.92 Å². The summed E-state index contributed by atoms with van der Waals surface area (Å²) in [6, 6.07) is 0. The summed E-state index contributed by atoms with van der Waals surface area (Å²) in [5.41, 5.74) is 5.51. The maximum Gasteiger partial charge on any atom is 0.232 e. The molecular formula is C11H16BrN3O. The van der Waals surface area contributed by atoms with Crippen molar-refractivity contribution < 1.29 is 4.74 Å². The highest BCUT2D eigenvalue weighted by atomic mass is 79.9. The summed E-state index contributed by atoms with van der Waals surface area (Å²) in [6.45, 7) is 0.731. The summed E-state index contributed by atoms with van der Waals surface area (Å²) in [5, 5.41) is 0. The minimum atomic E-state index is 0.252. The molecule has 1 aromatic heterocycles. The van der Waals surface area contributed by atoms with Crippen LogP contribution in [0.15, 0.2) is 10.7 Å². The van der Waals surface area contributed by atoms with Crippen LogP contribution < -0.4 is 10.5 Å². The van der Waals surface area contributed by atoms with Gasteiger partial charge >= 0.3 is 0 Å². The average Bonchev–Trinajstić information content (AvgIpc) is 2.32. The van der Waals surface area contributed by atoms with E-state index < -0.39 is 0 Å². The minimum Gasteiger partial charge on any atom is -0.476 e. The molecule has 4 nitrogen and oxygen atoms in total. The van der Waals surface area contributed by atoms with Gasteiger partial charge in [0, 0.05) is 0 Å². The molecule has 0 bridgehead atoms. The summed E-state index contributed by atoms with van der Waals surface area (Å²) < 4.78 is 6.44. The molecule has 1 heterocycles. The van der Waals surface area contributed by atoms with E-state index >= 15 is 0 Å². The third kappa shape index (κ3) is 3.07. The summed E-state index contributed by atoms with van der Waals surface area (Å²) in [6.07, 6.45) is 8.15. The monoisotopic (exact) mass is 285 g/mol. The van der Waals surface area contributed by atoms with Crippen LogP contribution in [0.4, 0.5) is 5.95 Å². The van der Waals surface area contributed by atoms with Crippen molar-refractivity contribution in [2.75, 3.05) is 12.3 Å². The van der Waals surface area contributed by atoms with Crippen LogP contribution >= 0.6 is 15.9 Å². The Labute approximate surface area is 104 Å². The molecule has 0 aliphatic heterocycles. The Balaban J connectivity index is 1.90. The Bertz CT molecular complexity index is 353. The van der Waals surface area contributed by atoms with Crippen LogP contribution in [0.25, 0.3) is 0 Å². The molecule has 0 atom stereocenters. The molecule has 1 aromatic rings. The fraction of sp³-hybridized carbons (Fsp3) is 0.636. The molecule has 2 N–H and O–H groups in total. The van der Waals surface area contributed by atoms with Crippen LogP contribution in [0.3, 0.4) is 0 Å². The van der Waals surface area contributed by atoms with Gasteiger partial charge in [-0.3, -0.25) is 0 Å². The van der Waals surface area contributed by atoms with Crippen molar-refractivity contribution in [3.05, 3.63) is 10.7 Å². The van der Waals surface area contributed by atoms with Gasteiger partial charge in [-0.25, -0.2) is 4.98 Å². The second kappa shape index (κ2) is 5.48. The van der Waals surface area contributed by atoms with Crippen molar-refractivity contribution in [3.8, 4) is 5.88 Å². The third-order valence-corrected chi connectivity index (χ3v) is 3.46. The molecule has 1 aliphatic carbocycles. The van der Waals surface area contributed by atoms with Crippen LogP contribution in [0.2, 0.25) is 0 Å². The van der Waals surface area contributed by atoms with E-state index in [0.717, 1.165) is 11.1 Å². The van der Waals surface area contributed by atoms with Gasteiger partial charge in [0.05, 0.1) is 17.3 Å². The van der Waals surface area contributed by atoms with E-state index in [0.29, 0.717) is 11.8 Å². The van der Waals surface area contributed by atoms with Crippen molar-refractivity contribution in [2.24, 2.45) is 5.92 Å². The normalized spacial score (nSPS) is 17.3. The molecule has 2 rings (SSSR count). The van der Waals surface area contributed by atoms with E-state index in [-0.39, 0.29) is 5.95 Å². The number of nitrogens with zero attached hydrogens (tertiary/aromatic N) is 2. The smallest absolute Gasteiger partial charge is 0.232 e. The Morgan fingerprint density at radius 1 is 1.38 bits per heavy atom. The molecule has 1 aliphatic rings. The standard InChI is InChI=1S/C11H16BrN3O/c12-9-6-14-11(13)15-10(9)16-7-8-4-2-1-3-5-8/h6,8H,1-5,7H2,(H2,13,14,15). The van der Waals surface area contributed by atoms with Gasteiger partial charge in [0.1, 0.15) is 0 Å². The number of ether oxygens (including phenoxy) is 1. The van der Waals surface area contributed by atoms with E-state index in [2.05, 4.69) is 25.9 Å². The van der Waals surface area contributed by atoms with Gasteiger partial charge in [0.15, 0.2) is 0 Å². The summed E-state index contributed by atoms with van der Waals surface area (Å²) in [5.74, 6) is 1.47. The first-order valence-corrected chi connectivity index (χ1v) is 6.46. The second-order valence-corrected chi connectivity index (χ2v) is 5.05. The molecule has 1 fully saturated rings. The number of aromatic nitrogens is 2. The summed E-state index contributed by atoms with van der Waals surface area (Å²) in [7, 11) is 0. The molecular weight excluding hydrogens is 270 g/mol. The zero-order valence-corrected chi connectivity index (χ0v) is 10.7. The first-order chi connectivity index (χ1) is 7.75. The summed E-state index contributed by atoms with van der Waals surface area (Å²) in [4.78, 5) is 7.93. The topological polar surface area (TPSA) is 61.0 Å². The fourth-order valence-corrected chi connectivity index (χ4v) is 2.32. The molecule has 0 radical (unpaired) electrons. The van der Waals surface area contributed by atoms with E-state index in [1.807, 2.05) is 0 Å². The van der Waals surface area contributed by atoms with Crippen molar-refractivity contribution in [2.45, 2.75) is 32.1 Å². The Morgan fingerprint density at radius 2 is 2.12 bits per heavy atom. The first kappa shape index (κ1) is 11.6. The van der Waals surface area contributed by atoms with Gasteiger partial charge in [-0.2, -0.15) is 4.98 Å². The predicted octanol–water partition coefficient (Wildman–Crippen LogP) is 2.78. The molecule has 5 heteroatoms. The first-order valence-electron chi connectivity index (χ1n) is 5.66. The van der Waals surface area contributed by atoms with Gasteiger partial charge in [0.25, 0.3) is 0 Å². The van der Waals surface area contributed by atoms with Crippen LogP contribution in [-0.2, 0) is 0 Å². The lowest BCUT2D eigenvalue weighted by atomic mass is 9.90. The van der Waals surface area contributed by atoms with Crippen molar-refractivity contribution in [1.29, 1.82) is 0 Å². The van der Waals surface area contributed by atoms with E-state index in [1.165, 1.54) is 32.1 Å². The molecule has 0 amide bonds. The SMILES string of the molecule is Nc1ncc(Br)c(OCC2CCCCC2)n1. The number of nitrogens with two attached hydrogens (primary N) is 1. The highest BCUT2D eigenvalue weighted by molar-refractivity contribution is 9.10. The van der Waals surface area contributed by atoms with Crippen LogP contribution in [0.1, 0.15) is 32.1 Å². The number of anilines is 1. The number of hydrogen-bond donors (Lipinski definition) is 1. The maximum absolute atomic E-state index is 5.68. The Kier molecular flexibility index (Phi) is 3.98. The van der Waals surface area contributed by atoms with E-state index in [9.17, 15) is 0 Å². The van der Waals surface area contributed by atoms with Crippen LogP contribution in [-0.4, -0.2) is 16.6 Å². The molecule has 0 saturated heterocycles. The van der Waals surface area contributed by atoms with Gasteiger partial charge in [-0.1, -0.05) is 19.3 Å². The second-order valence-electron chi connectivity index (χ2n) is 4.20. The summed E-state index contributed by atoms with van der Waals surface area (Å²) >= 11 is 3.35. The van der Waals surface area contributed by atoms with Gasteiger partial charge in [-0.05, 0) is 34.7 Å². The number of hydrogen-bond acceptors (Lipinski definition) is 4. The number of nitrogen functional groups attached to an aromatic ring is 1. The van der Waals surface area contributed by atoms with Gasteiger partial charge < -0.3 is 10.5 Å². The number of halogens is 1. The van der Waals surface area contributed by atoms with Gasteiger partial charge in [0.2, 0.25) is 11.8 Å². The quantitative estimate of drug-likeness (QED) is 0.928. The molecule has 16 heavy (non-hydrogen) atoms. The molecule has 0 spiro atoms. The lowest BCUT2D eigenvalue weighted by Crippen LogP contribution is -2.16.